The average molecular weight is 409 g/mol. The van der Waals surface area contributed by atoms with E-state index in [0.29, 0.717) is 24.6 Å². The summed E-state index contributed by atoms with van der Waals surface area (Å²) in [5.74, 6) is 0.882. The summed E-state index contributed by atoms with van der Waals surface area (Å²) in [6.07, 6.45) is 3.75. The Labute approximate surface area is 174 Å². The Bertz CT molecular complexity index is 1030. The summed E-state index contributed by atoms with van der Waals surface area (Å²) in [4.78, 5) is 12.8. The Hall–Kier alpha value is -3.35. The van der Waals surface area contributed by atoms with Crippen molar-refractivity contribution in [2.75, 3.05) is 20.3 Å². The fraction of sp³-hybridized carbons (Fsp3) is 0.304. The third-order valence-corrected chi connectivity index (χ3v) is 5.16. The van der Waals surface area contributed by atoms with E-state index in [1.807, 2.05) is 18.2 Å². The second-order valence-electron chi connectivity index (χ2n) is 7.15. The molecule has 1 aromatic heterocycles. The predicted octanol–water partition coefficient (Wildman–Crippen LogP) is 3.71. The van der Waals surface area contributed by atoms with Gasteiger partial charge in [-0.05, 0) is 62.1 Å². The fourth-order valence-corrected chi connectivity index (χ4v) is 3.69. The van der Waals surface area contributed by atoms with Crippen molar-refractivity contribution in [3.8, 4) is 17.2 Å². The number of rotatable bonds is 7. The van der Waals surface area contributed by atoms with Crippen molar-refractivity contribution in [1.29, 1.82) is 0 Å². The number of halogens is 1. The van der Waals surface area contributed by atoms with Gasteiger partial charge in [-0.3, -0.25) is 4.79 Å². The van der Waals surface area contributed by atoms with Crippen LogP contribution in [0.3, 0.4) is 0 Å². The minimum absolute atomic E-state index is 0.219. The number of fused-ring (bicyclic) bond motifs is 1. The molecule has 0 fully saturated rings. The van der Waals surface area contributed by atoms with E-state index in [-0.39, 0.29) is 11.7 Å². The molecule has 1 amide bonds. The summed E-state index contributed by atoms with van der Waals surface area (Å²) < 4.78 is 25.9. The highest BCUT2D eigenvalue weighted by molar-refractivity contribution is 5.94. The highest BCUT2D eigenvalue weighted by Crippen LogP contribution is 2.27. The number of methoxy groups -OCH3 is 1. The zero-order valence-corrected chi connectivity index (χ0v) is 16.9. The third-order valence-electron chi connectivity index (χ3n) is 5.16. The molecule has 0 saturated carbocycles. The standard InChI is InChI=1S/C23H24FN3O3/c1-29-18-5-4-6-19(15-18)30-14-13-25-23(28)22-20-7-2-3-8-21(20)27(26-22)17-11-9-16(24)10-12-17/h4-6,9-12,15H,2-3,7-8,13-14H2,1H3,(H,25,28). The molecule has 0 saturated heterocycles. The number of hydrogen-bond donors (Lipinski definition) is 1. The second kappa shape index (κ2) is 8.98. The summed E-state index contributed by atoms with van der Waals surface area (Å²) in [5, 5.41) is 7.47. The first kappa shape index (κ1) is 19.9. The molecule has 1 aliphatic rings. The van der Waals surface area contributed by atoms with Crippen LogP contribution in [0.1, 0.15) is 34.6 Å². The van der Waals surface area contributed by atoms with Gasteiger partial charge in [-0.15, -0.1) is 0 Å². The maximum atomic E-state index is 13.3. The van der Waals surface area contributed by atoms with E-state index in [0.717, 1.165) is 48.4 Å². The van der Waals surface area contributed by atoms with Gasteiger partial charge in [0, 0.05) is 17.3 Å². The van der Waals surface area contributed by atoms with Crippen LogP contribution in [0.5, 0.6) is 11.5 Å². The minimum Gasteiger partial charge on any atom is -0.497 e. The summed E-state index contributed by atoms with van der Waals surface area (Å²) >= 11 is 0. The van der Waals surface area contributed by atoms with E-state index in [1.165, 1.54) is 12.1 Å². The number of carbonyl (C=O) groups excluding carboxylic acids is 1. The van der Waals surface area contributed by atoms with Crippen molar-refractivity contribution in [2.24, 2.45) is 0 Å². The van der Waals surface area contributed by atoms with Crippen LogP contribution in [0.4, 0.5) is 4.39 Å². The van der Waals surface area contributed by atoms with Crippen LogP contribution >= 0.6 is 0 Å². The largest absolute Gasteiger partial charge is 0.497 e. The van der Waals surface area contributed by atoms with Gasteiger partial charge in [0.1, 0.15) is 23.9 Å². The maximum absolute atomic E-state index is 13.3. The molecule has 6 nitrogen and oxygen atoms in total. The molecule has 0 aliphatic heterocycles. The lowest BCUT2D eigenvalue weighted by molar-refractivity contribution is 0.0940. The molecule has 0 radical (unpaired) electrons. The lowest BCUT2D eigenvalue weighted by Crippen LogP contribution is -2.29. The normalized spacial score (nSPS) is 12.9. The van der Waals surface area contributed by atoms with E-state index in [9.17, 15) is 9.18 Å². The van der Waals surface area contributed by atoms with Crippen molar-refractivity contribution in [3.05, 3.63) is 71.3 Å². The zero-order chi connectivity index (χ0) is 20.9. The van der Waals surface area contributed by atoms with E-state index in [2.05, 4.69) is 10.4 Å². The van der Waals surface area contributed by atoms with Crippen molar-refractivity contribution in [2.45, 2.75) is 25.7 Å². The van der Waals surface area contributed by atoms with Gasteiger partial charge >= 0.3 is 0 Å². The van der Waals surface area contributed by atoms with Crippen molar-refractivity contribution in [1.82, 2.24) is 15.1 Å². The van der Waals surface area contributed by atoms with Crippen LogP contribution in [0.15, 0.2) is 48.5 Å². The van der Waals surface area contributed by atoms with Crippen LogP contribution in [0, 0.1) is 5.82 Å². The minimum atomic E-state index is -0.297. The summed E-state index contributed by atoms with van der Waals surface area (Å²) in [5.41, 5.74) is 3.22. The number of nitrogens with one attached hydrogen (secondary N) is 1. The van der Waals surface area contributed by atoms with Crippen LogP contribution in [-0.2, 0) is 12.8 Å². The molecule has 0 atom stereocenters. The Kier molecular flexibility index (Phi) is 5.97. The van der Waals surface area contributed by atoms with Gasteiger partial charge in [-0.25, -0.2) is 9.07 Å². The van der Waals surface area contributed by atoms with Crippen LogP contribution in [0.2, 0.25) is 0 Å². The molecular formula is C23H24FN3O3. The molecule has 2 aromatic carbocycles. The molecular weight excluding hydrogens is 385 g/mol. The Balaban J connectivity index is 1.44. The topological polar surface area (TPSA) is 65.4 Å². The van der Waals surface area contributed by atoms with Crippen molar-refractivity contribution in [3.63, 3.8) is 0 Å². The number of benzene rings is 2. The molecule has 0 unspecified atom stereocenters. The molecule has 3 aromatic rings. The fourth-order valence-electron chi connectivity index (χ4n) is 3.69. The van der Waals surface area contributed by atoms with E-state index in [1.54, 1.807) is 30.0 Å². The highest BCUT2D eigenvalue weighted by atomic mass is 19.1. The summed E-state index contributed by atoms with van der Waals surface area (Å²) in [6.45, 7) is 0.688. The first-order valence-electron chi connectivity index (χ1n) is 10.1. The molecule has 30 heavy (non-hydrogen) atoms. The SMILES string of the molecule is COc1cccc(OCCNC(=O)c2nn(-c3ccc(F)cc3)c3c2CCCC3)c1. The number of nitrogens with zero attached hydrogens (tertiary/aromatic N) is 2. The van der Waals surface area contributed by atoms with Gasteiger partial charge in [0.2, 0.25) is 0 Å². The Morgan fingerprint density at radius 2 is 1.90 bits per heavy atom. The van der Waals surface area contributed by atoms with Gasteiger partial charge < -0.3 is 14.8 Å². The van der Waals surface area contributed by atoms with Gasteiger partial charge in [0.25, 0.3) is 5.91 Å². The van der Waals surface area contributed by atoms with Gasteiger partial charge in [-0.2, -0.15) is 5.10 Å². The smallest absolute Gasteiger partial charge is 0.272 e. The van der Waals surface area contributed by atoms with Gasteiger partial charge in [0.05, 0.1) is 19.3 Å². The van der Waals surface area contributed by atoms with E-state index in [4.69, 9.17) is 9.47 Å². The second-order valence-corrected chi connectivity index (χ2v) is 7.15. The average Bonchev–Trinajstić information content (AvgIpc) is 3.17. The monoisotopic (exact) mass is 409 g/mol. The molecule has 156 valence electrons. The first-order valence-corrected chi connectivity index (χ1v) is 10.1. The summed E-state index contributed by atoms with van der Waals surface area (Å²) in [6, 6.07) is 13.5. The van der Waals surface area contributed by atoms with Crippen LogP contribution in [0.25, 0.3) is 5.69 Å². The zero-order valence-electron chi connectivity index (χ0n) is 16.9. The lowest BCUT2D eigenvalue weighted by Gasteiger charge is -2.14. The first-order chi connectivity index (χ1) is 14.7. The van der Waals surface area contributed by atoms with Gasteiger partial charge in [-0.1, -0.05) is 6.07 Å². The Morgan fingerprint density at radius 1 is 1.13 bits per heavy atom. The quantitative estimate of drug-likeness (QED) is 0.604. The van der Waals surface area contributed by atoms with Crippen molar-refractivity contribution >= 4 is 5.91 Å². The van der Waals surface area contributed by atoms with Gasteiger partial charge in [0.15, 0.2) is 5.69 Å². The molecule has 4 rings (SSSR count). The Morgan fingerprint density at radius 3 is 2.70 bits per heavy atom. The molecule has 7 heteroatoms. The number of ether oxygens (including phenoxy) is 2. The highest BCUT2D eigenvalue weighted by Gasteiger charge is 2.25. The number of hydrogen-bond acceptors (Lipinski definition) is 4. The predicted molar refractivity (Wildman–Crippen MR) is 111 cm³/mol. The molecule has 0 spiro atoms. The molecule has 0 bridgehead atoms. The maximum Gasteiger partial charge on any atom is 0.272 e. The number of aromatic nitrogens is 2. The molecule has 1 N–H and O–H groups in total. The lowest BCUT2D eigenvalue weighted by atomic mass is 9.95. The number of carbonyl (C=O) groups is 1. The number of amides is 1. The molecule has 1 aliphatic carbocycles. The van der Waals surface area contributed by atoms with Crippen LogP contribution < -0.4 is 14.8 Å². The molecule has 1 heterocycles. The summed E-state index contributed by atoms with van der Waals surface area (Å²) in [7, 11) is 1.60. The van der Waals surface area contributed by atoms with Crippen LogP contribution in [-0.4, -0.2) is 35.9 Å². The van der Waals surface area contributed by atoms with E-state index < -0.39 is 0 Å². The van der Waals surface area contributed by atoms with Crippen molar-refractivity contribution < 1.29 is 18.7 Å². The van der Waals surface area contributed by atoms with E-state index >= 15 is 0 Å². The third kappa shape index (κ3) is 4.30.